The first kappa shape index (κ1) is 12.0. The molecule has 0 unspecified atom stereocenters. The van der Waals surface area contributed by atoms with Crippen LogP contribution in [0.25, 0.3) is 10.9 Å². The van der Waals surface area contributed by atoms with Gasteiger partial charge in [0, 0.05) is 11.1 Å². The zero-order valence-electron chi connectivity index (χ0n) is 11.4. The lowest BCUT2D eigenvalue weighted by atomic mass is 9.99. The number of hydrogen-bond acceptors (Lipinski definition) is 3. The SMILES string of the molecule is Cc1nc2c(C(C)C)nnc(C)c2c(C)c1C. The summed E-state index contributed by atoms with van der Waals surface area (Å²) in [6, 6.07) is 0. The Labute approximate surface area is 102 Å². The second kappa shape index (κ2) is 4.06. The minimum Gasteiger partial charge on any atom is -0.251 e. The number of rotatable bonds is 1. The van der Waals surface area contributed by atoms with Crippen molar-refractivity contribution in [3.63, 3.8) is 0 Å². The highest BCUT2D eigenvalue weighted by Gasteiger charge is 2.15. The van der Waals surface area contributed by atoms with Gasteiger partial charge >= 0.3 is 0 Å². The monoisotopic (exact) mass is 229 g/mol. The fraction of sp³-hybridized carbons (Fsp3) is 0.500. The molecule has 0 fully saturated rings. The van der Waals surface area contributed by atoms with E-state index in [0.29, 0.717) is 5.92 Å². The van der Waals surface area contributed by atoms with E-state index in [2.05, 4.69) is 44.8 Å². The van der Waals surface area contributed by atoms with Crippen molar-refractivity contribution in [2.24, 2.45) is 0 Å². The standard InChI is InChI=1S/C14H19N3/c1-7(2)13-14-12(11(6)16-17-13)9(4)8(3)10(5)15-14/h7H,1-6H3. The average Bonchev–Trinajstić information content (AvgIpc) is 2.25. The predicted octanol–water partition coefficient (Wildman–Crippen LogP) is 3.38. The topological polar surface area (TPSA) is 38.7 Å². The summed E-state index contributed by atoms with van der Waals surface area (Å²) < 4.78 is 0. The van der Waals surface area contributed by atoms with Crippen molar-refractivity contribution in [3.8, 4) is 0 Å². The van der Waals surface area contributed by atoms with E-state index >= 15 is 0 Å². The van der Waals surface area contributed by atoms with Crippen LogP contribution in [0.3, 0.4) is 0 Å². The van der Waals surface area contributed by atoms with Gasteiger partial charge < -0.3 is 0 Å². The Morgan fingerprint density at radius 3 is 2.06 bits per heavy atom. The first-order valence-corrected chi connectivity index (χ1v) is 6.04. The summed E-state index contributed by atoms with van der Waals surface area (Å²) in [5.41, 5.74) is 6.61. The van der Waals surface area contributed by atoms with Gasteiger partial charge in [0.05, 0.1) is 16.9 Å². The van der Waals surface area contributed by atoms with Crippen LogP contribution in [-0.4, -0.2) is 15.2 Å². The van der Waals surface area contributed by atoms with Crippen molar-refractivity contribution in [1.82, 2.24) is 15.2 Å². The molecule has 0 atom stereocenters. The Hall–Kier alpha value is -1.51. The molecule has 0 N–H and O–H groups in total. The summed E-state index contributed by atoms with van der Waals surface area (Å²) in [6.07, 6.45) is 0. The second-order valence-corrected chi connectivity index (χ2v) is 5.00. The fourth-order valence-electron chi connectivity index (χ4n) is 2.19. The summed E-state index contributed by atoms with van der Waals surface area (Å²) in [5.74, 6) is 0.347. The van der Waals surface area contributed by atoms with Crippen molar-refractivity contribution in [1.29, 1.82) is 0 Å². The summed E-state index contributed by atoms with van der Waals surface area (Å²) in [5, 5.41) is 9.75. The van der Waals surface area contributed by atoms with E-state index in [1.54, 1.807) is 0 Å². The van der Waals surface area contributed by atoms with Gasteiger partial charge in [0.25, 0.3) is 0 Å². The van der Waals surface area contributed by atoms with Crippen LogP contribution < -0.4 is 0 Å². The largest absolute Gasteiger partial charge is 0.251 e. The molecule has 0 radical (unpaired) electrons. The average molecular weight is 229 g/mol. The van der Waals surface area contributed by atoms with Gasteiger partial charge in [0.2, 0.25) is 0 Å². The van der Waals surface area contributed by atoms with Crippen LogP contribution in [0.1, 0.15) is 48.0 Å². The van der Waals surface area contributed by atoms with Gasteiger partial charge in [-0.25, -0.2) is 0 Å². The van der Waals surface area contributed by atoms with E-state index in [-0.39, 0.29) is 0 Å². The highest BCUT2D eigenvalue weighted by molar-refractivity contribution is 5.87. The lowest BCUT2D eigenvalue weighted by Gasteiger charge is -2.14. The van der Waals surface area contributed by atoms with Crippen molar-refractivity contribution in [3.05, 3.63) is 28.2 Å². The molecule has 0 aliphatic carbocycles. The predicted molar refractivity (Wildman–Crippen MR) is 70.4 cm³/mol. The first-order chi connectivity index (χ1) is 7.93. The van der Waals surface area contributed by atoms with Gasteiger partial charge in [-0.2, -0.15) is 10.2 Å². The maximum absolute atomic E-state index is 4.72. The molecule has 0 saturated carbocycles. The third-order valence-electron chi connectivity index (χ3n) is 3.46. The fourth-order valence-corrected chi connectivity index (χ4v) is 2.19. The number of aromatic nitrogens is 3. The van der Waals surface area contributed by atoms with E-state index in [9.17, 15) is 0 Å². The molecule has 3 nitrogen and oxygen atoms in total. The molecular formula is C14H19N3. The summed E-state index contributed by atoms with van der Waals surface area (Å²) in [7, 11) is 0. The van der Waals surface area contributed by atoms with E-state index in [4.69, 9.17) is 4.98 Å². The highest BCUT2D eigenvalue weighted by Crippen LogP contribution is 2.28. The molecule has 2 rings (SSSR count). The zero-order valence-corrected chi connectivity index (χ0v) is 11.4. The van der Waals surface area contributed by atoms with E-state index in [0.717, 1.165) is 22.6 Å². The lowest BCUT2D eigenvalue weighted by Crippen LogP contribution is -2.05. The Kier molecular flexibility index (Phi) is 2.86. The number of aryl methyl sites for hydroxylation is 3. The highest BCUT2D eigenvalue weighted by atomic mass is 15.1. The van der Waals surface area contributed by atoms with Crippen molar-refractivity contribution < 1.29 is 0 Å². The maximum atomic E-state index is 4.72. The van der Waals surface area contributed by atoms with Gasteiger partial charge in [-0.3, -0.25) is 4.98 Å². The van der Waals surface area contributed by atoms with Crippen LogP contribution in [-0.2, 0) is 0 Å². The van der Waals surface area contributed by atoms with E-state index in [1.807, 2.05) is 6.92 Å². The summed E-state index contributed by atoms with van der Waals surface area (Å²) in [4.78, 5) is 4.72. The number of nitrogens with zero attached hydrogens (tertiary/aromatic N) is 3. The lowest BCUT2D eigenvalue weighted by molar-refractivity contribution is 0.787. The molecule has 0 bridgehead atoms. The van der Waals surface area contributed by atoms with Crippen molar-refractivity contribution in [2.75, 3.05) is 0 Å². The molecule has 2 heterocycles. The summed E-state index contributed by atoms with van der Waals surface area (Å²) in [6.45, 7) is 12.6. The third kappa shape index (κ3) is 1.79. The minimum absolute atomic E-state index is 0.347. The van der Waals surface area contributed by atoms with Gasteiger partial charge in [-0.15, -0.1) is 0 Å². The maximum Gasteiger partial charge on any atom is 0.0963 e. The molecule has 0 aliphatic rings. The molecule has 2 aromatic heterocycles. The van der Waals surface area contributed by atoms with Crippen LogP contribution in [0, 0.1) is 27.7 Å². The minimum atomic E-state index is 0.347. The van der Waals surface area contributed by atoms with Gasteiger partial charge in [-0.05, 0) is 44.7 Å². The molecule has 17 heavy (non-hydrogen) atoms. The number of pyridine rings is 1. The molecule has 0 amide bonds. The Morgan fingerprint density at radius 1 is 0.824 bits per heavy atom. The Balaban J connectivity index is 2.97. The van der Waals surface area contributed by atoms with Crippen LogP contribution in [0.5, 0.6) is 0 Å². The molecule has 90 valence electrons. The Bertz CT molecular complexity index is 586. The quantitative estimate of drug-likeness (QED) is 0.752. The van der Waals surface area contributed by atoms with Crippen LogP contribution in [0.2, 0.25) is 0 Å². The molecule has 0 spiro atoms. The second-order valence-electron chi connectivity index (χ2n) is 5.00. The van der Waals surface area contributed by atoms with Crippen LogP contribution in [0.4, 0.5) is 0 Å². The summed E-state index contributed by atoms with van der Waals surface area (Å²) >= 11 is 0. The Morgan fingerprint density at radius 2 is 1.47 bits per heavy atom. The molecule has 0 aliphatic heterocycles. The van der Waals surface area contributed by atoms with Gasteiger partial charge in [-0.1, -0.05) is 13.8 Å². The molecule has 0 saturated heterocycles. The third-order valence-corrected chi connectivity index (χ3v) is 3.46. The molecule has 2 aromatic rings. The smallest absolute Gasteiger partial charge is 0.0963 e. The van der Waals surface area contributed by atoms with Crippen molar-refractivity contribution >= 4 is 10.9 Å². The number of fused-ring (bicyclic) bond motifs is 1. The van der Waals surface area contributed by atoms with Crippen molar-refractivity contribution in [2.45, 2.75) is 47.5 Å². The van der Waals surface area contributed by atoms with Gasteiger partial charge in [0.15, 0.2) is 0 Å². The zero-order chi connectivity index (χ0) is 12.7. The number of hydrogen-bond donors (Lipinski definition) is 0. The normalized spacial score (nSPS) is 11.5. The van der Waals surface area contributed by atoms with Crippen LogP contribution >= 0.6 is 0 Å². The van der Waals surface area contributed by atoms with Gasteiger partial charge in [0.1, 0.15) is 0 Å². The van der Waals surface area contributed by atoms with E-state index < -0.39 is 0 Å². The molecule has 0 aromatic carbocycles. The van der Waals surface area contributed by atoms with E-state index in [1.165, 1.54) is 16.5 Å². The van der Waals surface area contributed by atoms with Crippen LogP contribution in [0.15, 0.2) is 0 Å². The molecule has 3 heteroatoms. The molecular weight excluding hydrogens is 210 g/mol. The first-order valence-electron chi connectivity index (χ1n) is 6.04.